The first kappa shape index (κ1) is 10.5. The van der Waals surface area contributed by atoms with Crippen molar-refractivity contribution in [2.75, 3.05) is 7.11 Å². The zero-order valence-corrected chi connectivity index (χ0v) is 9.28. The summed E-state index contributed by atoms with van der Waals surface area (Å²) in [5, 5.41) is 0. The van der Waals surface area contributed by atoms with Gasteiger partial charge in [-0.1, -0.05) is 11.6 Å². The molecule has 0 fully saturated rings. The van der Waals surface area contributed by atoms with E-state index < -0.39 is 0 Å². The molecule has 2 rings (SSSR count). The van der Waals surface area contributed by atoms with E-state index in [1.54, 1.807) is 19.4 Å². The third kappa shape index (κ3) is 1.98. The van der Waals surface area contributed by atoms with E-state index in [1.807, 2.05) is 31.2 Å². The van der Waals surface area contributed by atoms with E-state index in [0.29, 0.717) is 0 Å². The first-order valence-corrected chi connectivity index (χ1v) is 5.04. The Hall–Kier alpha value is -2.03. The van der Waals surface area contributed by atoms with Crippen molar-refractivity contribution in [3.05, 3.63) is 52.4 Å². The van der Waals surface area contributed by atoms with Crippen LogP contribution in [0.15, 0.2) is 41.3 Å². The smallest absolute Gasteiger partial charge is 0.248 e. The molecular weight excluding hydrogens is 202 g/mol. The maximum Gasteiger partial charge on any atom is 0.248 e. The number of aryl methyl sites for hydroxylation is 1. The van der Waals surface area contributed by atoms with E-state index in [4.69, 9.17) is 4.74 Å². The Bertz CT molecular complexity index is 558. The molecule has 0 saturated carbocycles. The van der Waals surface area contributed by atoms with Gasteiger partial charge in [-0.3, -0.25) is 4.79 Å². The maximum atomic E-state index is 11.3. The molecule has 0 aliphatic carbocycles. The summed E-state index contributed by atoms with van der Waals surface area (Å²) < 4.78 is 5.28. The molecule has 1 aromatic heterocycles. The van der Waals surface area contributed by atoms with E-state index in [0.717, 1.165) is 22.4 Å². The number of benzene rings is 1. The summed E-state index contributed by atoms with van der Waals surface area (Å²) >= 11 is 0. The van der Waals surface area contributed by atoms with Crippen molar-refractivity contribution < 1.29 is 4.74 Å². The van der Waals surface area contributed by atoms with Crippen molar-refractivity contribution in [1.82, 2.24) is 4.98 Å². The largest absolute Gasteiger partial charge is 0.496 e. The second-order valence-electron chi connectivity index (χ2n) is 3.65. The molecule has 1 N–H and O–H groups in total. The molecule has 1 aromatic carbocycles. The van der Waals surface area contributed by atoms with Crippen molar-refractivity contribution in [1.29, 1.82) is 0 Å². The molecule has 3 heteroatoms. The number of ether oxygens (including phenoxy) is 1. The van der Waals surface area contributed by atoms with Crippen LogP contribution in [-0.4, -0.2) is 12.1 Å². The number of H-pyrrole nitrogens is 1. The van der Waals surface area contributed by atoms with Crippen LogP contribution in [0, 0.1) is 6.92 Å². The Balaban J connectivity index is 2.62. The van der Waals surface area contributed by atoms with Gasteiger partial charge in [0.2, 0.25) is 5.56 Å². The fourth-order valence-electron chi connectivity index (χ4n) is 1.66. The SMILES string of the molecule is COc1ccc(C)cc1-c1cc[nH]c(=O)c1. The van der Waals surface area contributed by atoms with E-state index in [1.165, 1.54) is 0 Å². The Morgan fingerprint density at radius 1 is 1.19 bits per heavy atom. The summed E-state index contributed by atoms with van der Waals surface area (Å²) in [6, 6.07) is 9.32. The van der Waals surface area contributed by atoms with Crippen LogP contribution >= 0.6 is 0 Å². The highest BCUT2D eigenvalue weighted by Gasteiger charge is 2.05. The van der Waals surface area contributed by atoms with Gasteiger partial charge in [0, 0.05) is 17.8 Å². The molecule has 0 radical (unpaired) electrons. The topological polar surface area (TPSA) is 42.1 Å². The minimum absolute atomic E-state index is 0.110. The molecule has 3 nitrogen and oxygen atoms in total. The van der Waals surface area contributed by atoms with Gasteiger partial charge in [0.15, 0.2) is 0 Å². The molecular formula is C13H13NO2. The van der Waals surface area contributed by atoms with Gasteiger partial charge in [-0.2, -0.15) is 0 Å². The lowest BCUT2D eigenvalue weighted by Gasteiger charge is -2.09. The first-order valence-electron chi connectivity index (χ1n) is 5.04. The van der Waals surface area contributed by atoms with Gasteiger partial charge in [-0.05, 0) is 30.7 Å². The molecule has 0 unspecified atom stereocenters. The van der Waals surface area contributed by atoms with E-state index in [2.05, 4.69) is 4.98 Å². The molecule has 2 aromatic rings. The number of nitrogens with one attached hydrogen (secondary N) is 1. The van der Waals surface area contributed by atoms with Crippen LogP contribution in [0.5, 0.6) is 5.75 Å². The van der Waals surface area contributed by atoms with Gasteiger partial charge < -0.3 is 9.72 Å². The number of rotatable bonds is 2. The molecule has 0 aliphatic rings. The predicted octanol–water partition coefficient (Wildman–Crippen LogP) is 2.36. The van der Waals surface area contributed by atoms with Gasteiger partial charge in [0.05, 0.1) is 7.11 Å². The molecule has 0 amide bonds. The van der Waals surface area contributed by atoms with Crippen molar-refractivity contribution in [3.63, 3.8) is 0 Å². The lowest BCUT2D eigenvalue weighted by molar-refractivity contribution is 0.416. The van der Waals surface area contributed by atoms with Crippen molar-refractivity contribution >= 4 is 0 Å². The van der Waals surface area contributed by atoms with Gasteiger partial charge >= 0.3 is 0 Å². The Morgan fingerprint density at radius 2 is 2.00 bits per heavy atom. The Morgan fingerprint density at radius 3 is 2.69 bits per heavy atom. The fourth-order valence-corrected chi connectivity index (χ4v) is 1.66. The summed E-state index contributed by atoms with van der Waals surface area (Å²) in [6.45, 7) is 2.01. The van der Waals surface area contributed by atoms with E-state index in [-0.39, 0.29) is 5.56 Å². The maximum absolute atomic E-state index is 11.3. The molecule has 0 aliphatic heterocycles. The highest BCUT2D eigenvalue weighted by Crippen LogP contribution is 2.29. The summed E-state index contributed by atoms with van der Waals surface area (Å²) in [5.41, 5.74) is 2.83. The van der Waals surface area contributed by atoms with Crippen molar-refractivity contribution in [2.45, 2.75) is 6.92 Å². The van der Waals surface area contributed by atoms with Crippen LogP contribution in [0.3, 0.4) is 0 Å². The average Bonchev–Trinajstić information content (AvgIpc) is 2.29. The molecule has 0 saturated heterocycles. The van der Waals surface area contributed by atoms with Crippen LogP contribution in [0.1, 0.15) is 5.56 Å². The lowest BCUT2D eigenvalue weighted by atomic mass is 10.0. The zero-order valence-electron chi connectivity index (χ0n) is 9.28. The van der Waals surface area contributed by atoms with Gasteiger partial charge in [0.25, 0.3) is 0 Å². The van der Waals surface area contributed by atoms with Crippen molar-refractivity contribution in [3.8, 4) is 16.9 Å². The van der Waals surface area contributed by atoms with E-state index >= 15 is 0 Å². The molecule has 16 heavy (non-hydrogen) atoms. The number of methoxy groups -OCH3 is 1. The molecule has 82 valence electrons. The van der Waals surface area contributed by atoms with Gasteiger partial charge in [0.1, 0.15) is 5.75 Å². The second kappa shape index (κ2) is 4.23. The Kier molecular flexibility index (Phi) is 2.77. The number of aromatic nitrogens is 1. The summed E-state index contributed by atoms with van der Waals surface area (Å²) in [4.78, 5) is 13.8. The van der Waals surface area contributed by atoms with Crippen LogP contribution in [0.25, 0.3) is 11.1 Å². The second-order valence-corrected chi connectivity index (χ2v) is 3.65. The molecule has 0 spiro atoms. The lowest BCUT2D eigenvalue weighted by Crippen LogP contribution is -2.02. The number of pyridine rings is 1. The zero-order chi connectivity index (χ0) is 11.5. The average molecular weight is 215 g/mol. The number of aromatic amines is 1. The summed E-state index contributed by atoms with van der Waals surface area (Å²) in [5.74, 6) is 0.774. The molecule has 1 heterocycles. The van der Waals surface area contributed by atoms with Crippen molar-refractivity contribution in [2.24, 2.45) is 0 Å². The highest BCUT2D eigenvalue weighted by atomic mass is 16.5. The third-order valence-electron chi connectivity index (χ3n) is 2.44. The summed E-state index contributed by atoms with van der Waals surface area (Å²) in [6.07, 6.45) is 1.64. The highest BCUT2D eigenvalue weighted by molar-refractivity contribution is 5.70. The predicted molar refractivity (Wildman–Crippen MR) is 63.8 cm³/mol. The van der Waals surface area contributed by atoms with Crippen LogP contribution < -0.4 is 10.3 Å². The fraction of sp³-hybridized carbons (Fsp3) is 0.154. The van der Waals surface area contributed by atoms with E-state index in [9.17, 15) is 4.79 Å². The third-order valence-corrected chi connectivity index (χ3v) is 2.44. The molecule has 0 bridgehead atoms. The standard InChI is InChI=1S/C13H13NO2/c1-9-3-4-12(16-2)11(7-9)10-5-6-14-13(15)8-10/h3-8H,1-2H3,(H,14,15). The monoisotopic (exact) mass is 215 g/mol. The minimum Gasteiger partial charge on any atom is -0.496 e. The molecule has 0 atom stereocenters. The number of hydrogen-bond donors (Lipinski definition) is 1. The van der Waals surface area contributed by atoms with Crippen LogP contribution in [-0.2, 0) is 0 Å². The quantitative estimate of drug-likeness (QED) is 0.835. The van der Waals surface area contributed by atoms with Gasteiger partial charge in [-0.15, -0.1) is 0 Å². The normalized spacial score (nSPS) is 10.1. The number of hydrogen-bond acceptors (Lipinski definition) is 2. The first-order chi connectivity index (χ1) is 7.70. The summed E-state index contributed by atoms with van der Waals surface area (Å²) in [7, 11) is 1.63. The van der Waals surface area contributed by atoms with Gasteiger partial charge in [-0.25, -0.2) is 0 Å². The van der Waals surface area contributed by atoms with Crippen LogP contribution in [0.2, 0.25) is 0 Å². The Labute approximate surface area is 93.7 Å². The van der Waals surface area contributed by atoms with Crippen LogP contribution in [0.4, 0.5) is 0 Å². The minimum atomic E-state index is -0.110.